The lowest BCUT2D eigenvalue weighted by atomic mass is 10.1. The molecule has 0 aliphatic heterocycles. The summed E-state index contributed by atoms with van der Waals surface area (Å²) in [7, 11) is 0. The molecule has 0 aromatic heterocycles. The van der Waals surface area contributed by atoms with Crippen LogP contribution in [0.4, 0.5) is 0 Å². The lowest BCUT2D eigenvalue weighted by Gasteiger charge is -2.11. The van der Waals surface area contributed by atoms with Gasteiger partial charge < -0.3 is 4.74 Å². The highest BCUT2D eigenvalue weighted by Crippen LogP contribution is 2.13. The molecule has 0 aliphatic rings. The van der Waals surface area contributed by atoms with Crippen LogP contribution in [-0.2, 0) is 11.3 Å². The maximum atomic E-state index is 5.67. The quantitative estimate of drug-likeness (QED) is 0.701. The molecular weight excluding hydrogens is 320 g/mol. The van der Waals surface area contributed by atoms with Gasteiger partial charge in [-0.15, -0.1) is 0 Å². The first-order valence-corrected chi connectivity index (χ1v) is 7.05. The predicted octanol–water partition coefficient (Wildman–Crippen LogP) is 4.39. The monoisotopic (exact) mass is 334 g/mol. The van der Waals surface area contributed by atoms with E-state index in [0.29, 0.717) is 12.5 Å². The van der Waals surface area contributed by atoms with Gasteiger partial charge in [-0.2, -0.15) is 0 Å². The lowest BCUT2D eigenvalue weighted by molar-refractivity contribution is 0.0926. The first kappa shape index (κ1) is 13.2. The van der Waals surface area contributed by atoms with Crippen molar-refractivity contribution in [2.75, 3.05) is 11.9 Å². The van der Waals surface area contributed by atoms with Crippen molar-refractivity contribution in [1.82, 2.24) is 0 Å². The molecular formula is C12H16Br2O. The third kappa shape index (κ3) is 5.14. The minimum absolute atomic E-state index is 0.622. The van der Waals surface area contributed by atoms with Gasteiger partial charge in [-0.1, -0.05) is 57.3 Å². The molecule has 84 valence electrons. The van der Waals surface area contributed by atoms with Crippen LogP contribution in [0.1, 0.15) is 18.9 Å². The van der Waals surface area contributed by atoms with Gasteiger partial charge in [0, 0.05) is 9.80 Å². The standard InChI is InChI=1S/C12H16Br2O/c1-2-10(7-13)8-15-9-11-4-3-5-12(14)6-11/h3-6,10H,2,7-9H2,1H3. The minimum Gasteiger partial charge on any atom is -0.376 e. The zero-order valence-electron chi connectivity index (χ0n) is 8.88. The van der Waals surface area contributed by atoms with E-state index in [0.717, 1.165) is 22.8 Å². The number of rotatable bonds is 6. The summed E-state index contributed by atoms with van der Waals surface area (Å²) in [5, 5.41) is 1.02. The van der Waals surface area contributed by atoms with Crippen LogP contribution < -0.4 is 0 Å². The van der Waals surface area contributed by atoms with Gasteiger partial charge in [-0.3, -0.25) is 0 Å². The second kappa shape index (κ2) is 7.42. The molecule has 0 spiro atoms. The number of hydrogen-bond donors (Lipinski definition) is 0. The highest BCUT2D eigenvalue weighted by atomic mass is 79.9. The van der Waals surface area contributed by atoms with Gasteiger partial charge in [0.1, 0.15) is 0 Å². The smallest absolute Gasteiger partial charge is 0.0717 e. The Labute approximate surface area is 108 Å². The predicted molar refractivity (Wildman–Crippen MR) is 71.4 cm³/mol. The fourth-order valence-electron chi connectivity index (χ4n) is 1.24. The Kier molecular flexibility index (Phi) is 6.53. The molecule has 3 heteroatoms. The van der Waals surface area contributed by atoms with Crippen molar-refractivity contribution >= 4 is 31.9 Å². The largest absolute Gasteiger partial charge is 0.376 e. The van der Waals surface area contributed by atoms with Crippen LogP contribution in [0, 0.1) is 5.92 Å². The normalized spacial score (nSPS) is 12.7. The topological polar surface area (TPSA) is 9.23 Å². The van der Waals surface area contributed by atoms with E-state index in [1.165, 1.54) is 5.56 Å². The molecule has 0 heterocycles. The molecule has 0 bridgehead atoms. The number of alkyl halides is 1. The van der Waals surface area contributed by atoms with E-state index in [2.05, 4.69) is 50.9 Å². The minimum atomic E-state index is 0.622. The molecule has 0 saturated carbocycles. The summed E-state index contributed by atoms with van der Waals surface area (Å²) in [6.07, 6.45) is 1.16. The van der Waals surface area contributed by atoms with Crippen LogP contribution in [0.5, 0.6) is 0 Å². The molecule has 0 amide bonds. The van der Waals surface area contributed by atoms with Gasteiger partial charge in [0.25, 0.3) is 0 Å². The Morgan fingerprint density at radius 3 is 2.80 bits per heavy atom. The Hall–Kier alpha value is 0.140. The van der Waals surface area contributed by atoms with Crippen LogP contribution in [0.25, 0.3) is 0 Å². The summed E-state index contributed by atoms with van der Waals surface area (Å²) in [6.45, 7) is 3.71. The average Bonchev–Trinajstić information content (AvgIpc) is 2.25. The Morgan fingerprint density at radius 1 is 1.40 bits per heavy atom. The molecule has 0 saturated heterocycles. The van der Waals surface area contributed by atoms with E-state index in [4.69, 9.17) is 4.74 Å². The molecule has 1 rings (SSSR count). The van der Waals surface area contributed by atoms with Crippen molar-refractivity contribution in [2.24, 2.45) is 5.92 Å². The number of ether oxygens (including phenoxy) is 1. The summed E-state index contributed by atoms with van der Waals surface area (Å²) in [4.78, 5) is 0. The van der Waals surface area contributed by atoms with Gasteiger partial charge in [-0.05, 0) is 23.6 Å². The Balaban J connectivity index is 2.31. The van der Waals surface area contributed by atoms with Crippen LogP contribution in [0.15, 0.2) is 28.7 Å². The van der Waals surface area contributed by atoms with E-state index < -0.39 is 0 Å². The zero-order valence-corrected chi connectivity index (χ0v) is 12.1. The van der Waals surface area contributed by atoms with Crippen molar-refractivity contribution in [3.05, 3.63) is 34.3 Å². The second-order valence-corrected chi connectivity index (χ2v) is 5.14. The van der Waals surface area contributed by atoms with Crippen LogP contribution in [0.3, 0.4) is 0 Å². The van der Waals surface area contributed by atoms with Crippen molar-refractivity contribution in [3.63, 3.8) is 0 Å². The molecule has 0 aliphatic carbocycles. The molecule has 1 nitrogen and oxygen atoms in total. The molecule has 1 atom stereocenters. The van der Waals surface area contributed by atoms with Crippen molar-refractivity contribution in [3.8, 4) is 0 Å². The van der Waals surface area contributed by atoms with Gasteiger partial charge in [0.15, 0.2) is 0 Å². The maximum absolute atomic E-state index is 5.67. The van der Waals surface area contributed by atoms with Crippen molar-refractivity contribution < 1.29 is 4.74 Å². The Bertz CT molecular complexity index is 285. The highest BCUT2D eigenvalue weighted by molar-refractivity contribution is 9.10. The lowest BCUT2D eigenvalue weighted by Crippen LogP contribution is -2.09. The van der Waals surface area contributed by atoms with Crippen LogP contribution >= 0.6 is 31.9 Å². The van der Waals surface area contributed by atoms with E-state index in [1.54, 1.807) is 0 Å². The molecule has 15 heavy (non-hydrogen) atoms. The summed E-state index contributed by atoms with van der Waals surface area (Å²) in [5.41, 5.74) is 1.22. The first-order chi connectivity index (χ1) is 7.26. The summed E-state index contributed by atoms with van der Waals surface area (Å²) in [6, 6.07) is 8.23. The summed E-state index contributed by atoms with van der Waals surface area (Å²) in [5.74, 6) is 0.622. The molecule has 1 aromatic rings. The van der Waals surface area contributed by atoms with Gasteiger partial charge in [-0.25, -0.2) is 0 Å². The number of hydrogen-bond acceptors (Lipinski definition) is 1. The highest BCUT2D eigenvalue weighted by Gasteiger charge is 2.04. The van der Waals surface area contributed by atoms with Crippen molar-refractivity contribution in [2.45, 2.75) is 20.0 Å². The average molecular weight is 336 g/mol. The molecule has 0 fully saturated rings. The fraction of sp³-hybridized carbons (Fsp3) is 0.500. The van der Waals surface area contributed by atoms with Gasteiger partial charge in [0.05, 0.1) is 13.2 Å². The van der Waals surface area contributed by atoms with E-state index in [1.807, 2.05) is 12.1 Å². The van der Waals surface area contributed by atoms with Crippen molar-refractivity contribution in [1.29, 1.82) is 0 Å². The zero-order chi connectivity index (χ0) is 11.1. The van der Waals surface area contributed by atoms with E-state index in [-0.39, 0.29) is 0 Å². The summed E-state index contributed by atoms with van der Waals surface area (Å²) >= 11 is 6.93. The van der Waals surface area contributed by atoms with Crippen LogP contribution in [0.2, 0.25) is 0 Å². The first-order valence-electron chi connectivity index (χ1n) is 5.14. The van der Waals surface area contributed by atoms with Crippen LogP contribution in [-0.4, -0.2) is 11.9 Å². The maximum Gasteiger partial charge on any atom is 0.0717 e. The fourth-order valence-corrected chi connectivity index (χ4v) is 2.33. The second-order valence-electron chi connectivity index (χ2n) is 3.57. The molecule has 1 aromatic carbocycles. The molecule has 1 unspecified atom stereocenters. The third-order valence-corrected chi connectivity index (χ3v) is 3.72. The molecule has 0 N–H and O–H groups in total. The Morgan fingerprint density at radius 2 is 2.20 bits per heavy atom. The van der Waals surface area contributed by atoms with Gasteiger partial charge >= 0.3 is 0 Å². The van der Waals surface area contributed by atoms with E-state index in [9.17, 15) is 0 Å². The molecule has 0 radical (unpaired) electrons. The SMILES string of the molecule is CCC(CBr)COCc1cccc(Br)c1. The third-order valence-electron chi connectivity index (χ3n) is 2.31. The summed E-state index contributed by atoms with van der Waals surface area (Å²) < 4.78 is 6.78. The number of benzene rings is 1. The number of halogens is 2. The van der Waals surface area contributed by atoms with E-state index >= 15 is 0 Å². The van der Waals surface area contributed by atoms with Gasteiger partial charge in [0.2, 0.25) is 0 Å².